The summed E-state index contributed by atoms with van der Waals surface area (Å²) in [5.74, 6) is -0.940. The van der Waals surface area contributed by atoms with Gasteiger partial charge in [0, 0.05) is 32.6 Å². The molecule has 6 heteroatoms. The van der Waals surface area contributed by atoms with Crippen molar-refractivity contribution in [2.24, 2.45) is 0 Å². The van der Waals surface area contributed by atoms with Crippen LogP contribution in [0.5, 0.6) is 0 Å². The zero-order valence-electron chi connectivity index (χ0n) is 10.5. The zero-order chi connectivity index (χ0) is 13.5. The number of carbonyl (C=O) groups excluding carboxylic acids is 2. The lowest BCUT2D eigenvalue weighted by Gasteiger charge is -2.22. The fourth-order valence-corrected chi connectivity index (χ4v) is 1.52. The fraction of sp³-hybridized carbons (Fsp3) is 0.500. The maximum Gasteiger partial charge on any atom is 0.257 e. The van der Waals surface area contributed by atoms with Crippen LogP contribution in [-0.4, -0.2) is 43.6 Å². The molecule has 1 rings (SSSR count). The molecule has 0 saturated heterocycles. The zero-order valence-corrected chi connectivity index (χ0v) is 10.5. The molecule has 0 saturated carbocycles. The van der Waals surface area contributed by atoms with E-state index in [1.807, 2.05) is 0 Å². The molecule has 0 aliphatic carbocycles. The minimum atomic E-state index is -1.19. The van der Waals surface area contributed by atoms with Crippen molar-refractivity contribution in [3.8, 4) is 0 Å². The molecule has 1 heterocycles. The molecule has 18 heavy (non-hydrogen) atoms. The highest BCUT2D eigenvalue weighted by Crippen LogP contribution is 2.12. The van der Waals surface area contributed by atoms with E-state index in [1.165, 1.54) is 18.3 Å². The first-order valence-corrected chi connectivity index (χ1v) is 5.58. The monoisotopic (exact) mass is 254 g/mol. The van der Waals surface area contributed by atoms with E-state index in [0.29, 0.717) is 24.5 Å². The Labute approximate surface area is 105 Å². The largest absolute Gasteiger partial charge is 0.550 e. The molecule has 0 fully saturated rings. The Morgan fingerprint density at radius 2 is 2.17 bits per heavy atom. The van der Waals surface area contributed by atoms with Crippen LogP contribution in [0.3, 0.4) is 0 Å². The standard InChI is InChI=1S/C12H17NO5/c1-9-10(4-7-18-9)12(16)13(6-8-17-2)5-3-11(14)15/h4,7H,3,5-6,8H2,1-2H3,(H,14,15)/p-1. The maximum absolute atomic E-state index is 12.1. The van der Waals surface area contributed by atoms with Crippen molar-refractivity contribution in [1.29, 1.82) is 0 Å². The molecular weight excluding hydrogens is 238 g/mol. The Balaban J connectivity index is 2.72. The number of methoxy groups -OCH3 is 1. The van der Waals surface area contributed by atoms with Gasteiger partial charge in [-0.25, -0.2) is 0 Å². The minimum Gasteiger partial charge on any atom is -0.550 e. The van der Waals surface area contributed by atoms with E-state index in [2.05, 4.69) is 0 Å². The number of carbonyl (C=O) groups is 2. The third kappa shape index (κ3) is 3.89. The predicted molar refractivity (Wildman–Crippen MR) is 60.8 cm³/mol. The van der Waals surface area contributed by atoms with Gasteiger partial charge in [0.25, 0.3) is 5.91 Å². The van der Waals surface area contributed by atoms with Gasteiger partial charge in [-0.1, -0.05) is 0 Å². The van der Waals surface area contributed by atoms with E-state index in [-0.39, 0.29) is 18.9 Å². The summed E-state index contributed by atoms with van der Waals surface area (Å²) in [7, 11) is 1.52. The van der Waals surface area contributed by atoms with Crippen molar-refractivity contribution in [3.05, 3.63) is 23.7 Å². The lowest BCUT2D eigenvalue weighted by Crippen LogP contribution is -2.37. The van der Waals surface area contributed by atoms with Gasteiger partial charge in [-0.2, -0.15) is 0 Å². The Morgan fingerprint density at radius 3 is 2.67 bits per heavy atom. The summed E-state index contributed by atoms with van der Waals surface area (Å²) in [6, 6.07) is 1.57. The summed E-state index contributed by atoms with van der Waals surface area (Å²) in [6.07, 6.45) is 1.22. The van der Waals surface area contributed by atoms with E-state index in [1.54, 1.807) is 13.0 Å². The molecule has 0 radical (unpaired) electrons. The highest BCUT2D eigenvalue weighted by molar-refractivity contribution is 5.95. The molecule has 0 N–H and O–H groups in total. The number of amides is 1. The van der Waals surface area contributed by atoms with Crippen molar-refractivity contribution in [3.63, 3.8) is 0 Å². The van der Waals surface area contributed by atoms with Crippen LogP contribution in [-0.2, 0) is 9.53 Å². The Kier molecular flexibility index (Phi) is 5.38. The molecule has 0 aromatic carbocycles. The van der Waals surface area contributed by atoms with Crippen molar-refractivity contribution in [2.75, 3.05) is 26.8 Å². The van der Waals surface area contributed by atoms with Gasteiger partial charge in [0.05, 0.1) is 18.4 Å². The molecule has 0 spiro atoms. The number of aliphatic carboxylic acids is 1. The van der Waals surface area contributed by atoms with Crippen LogP contribution in [0.15, 0.2) is 16.7 Å². The first-order chi connectivity index (χ1) is 8.56. The summed E-state index contributed by atoms with van der Waals surface area (Å²) in [4.78, 5) is 24.0. The van der Waals surface area contributed by atoms with E-state index in [0.717, 1.165) is 0 Å². The molecule has 0 bridgehead atoms. The summed E-state index contributed by atoms with van der Waals surface area (Å²) < 4.78 is 9.95. The van der Waals surface area contributed by atoms with Gasteiger partial charge in [0.15, 0.2) is 0 Å². The van der Waals surface area contributed by atoms with E-state index < -0.39 is 5.97 Å². The van der Waals surface area contributed by atoms with Gasteiger partial charge < -0.3 is 24.0 Å². The molecule has 1 aromatic heterocycles. The molecule has 0 atom stereocenters. The topological polar surface area (TPSA) is 82.8 Å². The van der Waals surface area contributed by atoms with Crippen molar-refractivity contribution >= 4 is 11.9 Å². The quantitative estimate of drug-likeness (QED) is 0.674. The van der Waals surface area contributed by atoms with Crippen LogP contribution < -0.4 is 5.11 Å². The maximum atomic E-state index is 12.1. The smallest absolute Gasteiger partial charge is 0.257 e. The molecule has 100 valence electrons. The number of carboxylic acids is 1. The number of nitrogens with zero attached hydrogens (tertiary/aromatic N) is 1. The van der Waals surface area contributed by atoms with Gasteiger partial charge in [0.1, 0.15) is 5.76 Å². The molecule has 1 amide bonds. The van der Waals surface area contributed by atoms with Crippen LogP contribution in [0.4, 0.5) is 0 Å². The summed E-state index contributed by atoms with van der Waals surface area (Å²) >= 11 is 0. The Hall–Kier alpha value is -1.82. The third-order valence-corrected chi connectivity index (χ3v) is 2.53. The Bertz CT molecular complexity index is 412. The molecule has 6 nitrogen and oxygen atoms in total. The SMILES string of the molecule is COCCN(CCC(=O)[O-])C(=O)c1ccoc1C. The number of rotatable bonds is 7. The van der Waals surface area contributed by atoms with Gasteiger partial charge >= 0.3 is 0 Å². The Morgan fingerprint density at radius 1 is 1.44 bits per heavy atom. The average molecular weight is 254 g/mol. The van der Waals surface area contributed by atoms with Gasteiger partial charge in [-0.05, 0) is 13.0 Å². The van der Waals surface area contributed by atoms with Gasteiger partial charge in [0.2, 0.25) is 0 Å². The van der Waals surface area contributed by atoms with Crippen molar-refractivity contribution in [2.45, 2.75) is 13.3 Å². The molecule has 0 unspecified atom stereocenters. The van der Waals surface area contributed by atoms with E-state index in [9.17, 15) is 14.7 Å². The van der Waals surface area contributed by atoms with Crippen molar-refractivity contribution in [1.82, 2.24) is 4.90 Å². The van der Waals surface area contributed by atoms with Crippen LogP contribution in [0, 0.1) is 6.92 Å². The number of ether oxygens (including phenoxy) is 1. The van der Waals surface area contributed by atoms with Crippen molar-refractivity contribution < 1.29 is 23.8 Å². The third-order valence-electron chi connectivity index (χ3n) is 2.53. The molecule has 0 aliphatic rings. The normalized spacial score (nSPS) is 10.3. The van der Waals surface area contributed by atoms with Crippen LogP contribution in [0.2, 0.25) is 0 Å². The lowest BCUT2D eigenvalue weighted by molar-refractivity contribution is -0.305. The van der Waals surface area contributed by atoms with Crippen LogP contribution in [0.1, 0.15) is 22.5 Å². The second-order valence-corrected chi connectivity index (χ2v) is 3.80. The van der Waals surface area contributed by atoms with Gasteiger partial charge in [-0.15, -0.1) is 0 Å². The summed E-state index contributed by atoms with van der Waals surface area (Å²) in [6.45, 7) is 2.44. The molecule has 0 aliphatic heterocycles. The van der Waals surface area contributed by atoms with Gasteiger partial charge in [-0.3, -0.25) is 4.79 Å². The fourth-order valence-electron chi connectivity index (χ4n) is 1.52. The first-order valence-electron chi connectivity index (χ1n) is 5.58. The van der Waals surface area contributed by atoms with Crippen LogP contribution >= 0.6 is 0 Å². The number of hydrogen-bond donors (Lipinski definition) is 0. The highest BCUT2D eigenvalue weighted by Gasteiger charge is 2.18. The lowest BCUT2D eigenvalue weighted by atomic mass is 10.2. The summed E-state index contributed by atoms with van der Waals surface area (Å²) in [5.41, 5.74) is 0.435. The molecular formula is C12H16NO5-. The second-order valence-electron chi connectivity index (χ2n) is 3.80. The average Bonchev–Trinajstić information content (AvgIpc) is 2.74. The number of carboxylic acid groups (broad SMARTS) is 1. The van der Waals surface area contributed by atoms with E-state index in [4.69, 9.17) is 9.15 Å². The number of hydrogen-bond acceptors (Lipinski definition) is 5. The first kappa shape index (κ1) is 14.2. The van der Waals surface area contributed by atoms with E-state index >= 15 is 0 Å². The second kappa shape index (κ2) is 6.80. The van der Waals surface area contributed by atoms with Crippen LogP contribution in [0.25, 0.3) is 0 Å². The predicted octanol–water partition coefficient (Wildman–Crippen LogP) is -0.183. The number of aryl methyl sites for hydroxylation is 1. The minimum absolute atomic E-state index is 0.0924. The molecule has 1 aromatic rings. The summed E-state index contributed by atoms with van der Waals surface area (Å²) in [5, 5.41) is 10.5. The highest BCUT2D eigenvalue weighted by atomic mass is 16.5. The number of furan rings is 1.